The Balaban J connectivity index is 1.57. The summed E-state index contributed by atoms with van der Waals surface area (Å²) in [7, 11) is 1.46. The van der Waals surface area contributed by atoms with Crippen molar-refractivity contribution < 1.29 is 19.1 Å². The van der Waals surface area contributed by atoms with E-state index >= 15 is 0 Å². The predicted molar refractivity (Wildman–Crippen MR) is 114 cm³/mol. The van der Waals surface area contributed by atoms with E-state index < -0.39 is 5.60 Å². The SMILES string of the molecule is COC(=O)C1CCN(Cc2cc(C)c(C3CN(C(=O)OC(C)(C)C)C3)nc2C)CC1. The third-order valence-electron chi connectivity index (χ3n) is 5.98. The number of carbonyl (C=O) groups excluding carboxylic acids is 2. The fourth-order valence-electron chi connectivity index (χ4n) is 4.22. The molecule has 0 saturated carbocycles. The Morgan fingerprint density at radius 3 is 2.37 bits per heavy atom. The monoisotopic (exact) mass is 417 g/mol. The average Bonchev–Trinajstić information content (AvgIpc) is 2.62. The Morgan fingerprint density at radius 2 is 1.80 bits per heavy atom. The molecule has 0 spiro atoms. The highest BCUT2D eigenvalue weighted by Crippen LogP contribution is 2.31. The highest BCUT2D eigenvalue weighted by Gasteiger charge is 2.36. The van der Waals surface area contributed by atoms with Gasteiger partial charge in [-0.2, -0.15) is 0 Å². The molecule has 0 unspecified atom stereocenters. The third-order valence-corrected chi connectivity index (χ3v) is 5.98. The first kappa shape index (κ1) is 22.5. The van der Waals surface area contributed by atoms with E-state index in [1.165, 1.54) is 18.2 Å². The number of methoxy groups -OCH3 is 1. The van der Waals surface area contributed by atoms with Gasteiger partial charge in [-0.3, -0.25) is 14.7 Å². The molecule has 0 bridgehead atoms. The van der Waals surface area contributed by atoms with Crippen molar-refractivity contribution >= 4 is 12.1 Å². The van der Waals surface area contributed by atoms with Gasteiger partial charge in [0.2, 0.25) is 0 Å². The molecule has 2 fully saturated rings. The van der Waals surface area contributed by atoms with Gasteiger partial charge in [-0.25, -0.2) is 4.79 Å². The molecule has 0 N–H and O–H groups in total. The fraction of sp³-hybridized carbons (Fsp3) is 0.696. The molecule has 2 aliphatic rings. The van der Waals surface area contributed by atoms with Gasteiger partial charge in [0.05, 0.1) is 18.7 Å². The molecule has 166 valence electrons. The highest BCUT2D eigenvalue weighted by atomic mass is 16.6. The van der Waals surface area contributed by atoms with Crippen LogP contribution in [0.25, 0.3) is 0 Å². The number of amides is 1. The summed E-state index contributed by atoms with van der Waals surface area (Å²) in [5.74, 6) is 0.204. The van der Waals surface area contributed by atoms with Crippen LogP contribution >= 0.6 is 0 Å². The van der Waals surface area contributed by atoms with Crippen LogP contribution in [0.1, 0.15) is 62.0 Å². The number of hydrogen-bond acceptors (Lipinski definition) is 6. The molecule has 7 heteroatoms. The Hall–Kier alpha value is -2.15. The molecule has 0 radical (unpaired) electrons. The van der Waals surface area contributed by atoms with Crippen LogP contribution in [0.2, 0.25) is 0 Å². The van der Waals surface area contributed by atoms with Gasteiger partial charge in [-0.05, 0) is 71.7 Å². The number of nitrogens with zero attached hydrogens (tertiary/aromatic N) is 3. The van der Waals surface area contributed by atoms with Crippen molar-refractivity contribution in [3.05, 3.63) is 28.6 Å². The normalized spacial score (nSPS) is 18.8. The largest absolute Gasteiger partial charge is 0.469 e. The number of hydrogen-bond donors (Lipinski definition) is 0. The molecule has 2 aliphatic heterocycles. The predicted octanol–water partition coefficient (Wildman–Crippen LogP) is 3.42. The third kappa shape index (κ3) is 5.31. The Bertz CT molecular complexity index is 788. The summed E-state index contributed by atoms with van der Waals surface area (Å²) >= 11 is 0. The Morgan fingerprint density at radius 1 is 1.17 bits per heavy atom. The van der Waals surface area contributed by atoms with Gasteiger partial charge < -0.3 is 14.4 Å². The van der Waals surface area contributed by atoms with Crippen molar-refractivity contribution in [2.75, 3.05) is 33.3 Å². The van der Waals surface area contributed by atoms with Gasteiger partial charge in [0.25, 0.3) is 0 Å². The number of likely N-dealkylation sites (tertiary alicyclic amines) is 2. The lowest BCUT2D eigenvalue weighted by molar-refractivity contribution is -0.147. The molecule has 1 aromatic heterocycles. The van der Waals surface area contributed by atoms with Crippen LogP contribution in [0.15, 0.2) is 6.07 Å². The van der Waals surface area contributed by atoms with E-state index in [-0.39, 0.29) is 23.9 Å². The lowest BCUT2D eigenvalue weighted by Crippen LogP contribution is -2.50. The Kier molecular flexibility index (Phi) is 6.70. The molecule has 0 aromatic carbocycles. The number of esters is 1. The average molecular weight is 418 g/mol. The summed E-state index contributed by atoms with van der Waals surface area (Å²) in [6.07, 6.45) is 1.44. The summed E-state index contributed by atoms with van der Waals surface area (Å²) in [6.45, 7) is 13.8. The minimum Gasteiger partial charge on any atom is -0.469 e. The van der Waals surface area contributed by atoms with Crippen LogP contribution in [0.3, 0.4) is 0 Å². The number of rotatable bonds is 4. The zero-order chi connectivity index (χ0) is 22.1. The van der Waals surface area contributed by atoms with Crippen molar-refractivity contribution in [2.24, 2.45) is 5.92 Å². The van der Waals surface area contributed by atoms with Crippen LogP contribution in [0.5, 0.6) is 0 Å². The van der Waals surface area contributed by atoms with Crippen molar-refractivity contribution in [3.63, 3.8) is 0 Å². The molecule has 1 aromatic rings. The van der Waals surface area contributed by atoms with Crippen LogP contribution in [0.4, 0.5) is 4.79 Å². The molecular formula is C23H35N3O4. The van der Waals surface area contributed by atoms with E-state index in [1.54, 1.807) is 4.90 Å². The van der Waals surface area contributed by atoms with Crippen LogP contribution in [0, 0.1) is 19.8 Å². The van der Waals surface area contributed by atoms with Crippen molar-refractivity contribution in [3.8, 4) is 0 Å². The molecule has 3 heterocycles. The zero-order valence-corrected chi connectivity index (χ0v) is 19.2. The van der Waals surface area contributed by atoms with Crippen LogP contribution in [-0.2, 0) is 20.8 Å². The lowest BCUT2D eigenvalue weighted by atomic mass is 9.91. The minimum atomic E-state index is -0.472. The molecule has 3 rings (SSSR count). The molecular weight excluding hydrogens is 382 g/mol. The number of carbonyl (C=O) groups is 2. The number of ether oxygens (including phenoxy) is 2. The Labute approximate surface area is 179 Å². The molecule has 0 atom stereocenters. The zero-order valence-electron chi connectivity index (χ0n) is 19.2. The van der Waals surface area contributed by atoms with Gasteiger partial charge in [0.15, 0.2) is 0 Å². The van der Waals surface area contributed by atoms with Crippen LogP contribution < -0.4 is 0 Å². The maximum absolute atomic E-state index is 12.2. The van der Waals surface area contributed by atoms with E-state index in [4.69, 9.17) is 14.5 Å². The fourth-order valence-corrected chi connectivity index (χ4v) is 4.22. The van der Waals surface area contributed by atoms with E-state index in [0.717, 1.165) is 43.9 Å². The second kappa shape index (κ2) is 8.92. The number of piperidine rings is 1. The van der Waals surface area contributed by atoms with E-state index in [0.29, 0.717) is 13.1 Å². The summed E-state index contributed by atoms with van der Waals surface area (Å²) in [4.78, 5) is 32.9. The second-order valence-corrected chi connectivity index (χ2v) is 9.59. The number of pyridine rings is 1. The second-order valence-electron chi connectivity index (χ2n) is 9.59. The van der Waals surface area contributed by atoms with Gasteiger partial charge in [0, 0.05) is 31.2 Å². The van der Waals surface area contributed by atoms with Gasteiger partial charge in [-0.1, -0.05) is 6.07 Å². The van der Waals surface area contributed by atoms with Crippen molar-refractivity contribution in [1.82, 2.24) is 14.8 Å². The minimum absolute atomic E-state index is 0.0288. The molecule has 0 aliphatic carbocycles. The van der Waals surface area contributed by atoms with Crippen molar-refractivity contribution in [1.29, 1.82) is 0 Å². The number of aryl methyl sites for hydroxylation is 2. The first-order chi connectivity index (χ1) is 14.1. The number of aromatic nitrogens is 1. The maximum Gasteiger partial charge on any atom is 0.410 e. The van der Waals surface area contributed by atoms with E-state index in [1.807, 2.05) is 20.8 Å². The van der Waals surface area contributed by atoms with E-state index in [2.05, 4.69) is 24.8 Å². The highest BCUT2D eigenvalue weighted by molar-refractivity contribution is 5.72. The summed E-state index contributed by atoms with van der Waals surface area (Å²) < 4.78 is 10.3. The summed E-state index contributed by atoms with van der Waals surface area (Å²) in [5, 5.41) is 0. The lowest BCUT2D eigenvalue weighted by Gasteiger charge is -2.40. The standard InChI is InChI=1S/C23H35N3O4/c1-15-11-18(12-25-9-7-17(8-10-25)21(27)29-6)16(2)24-20(15)19-13-26(14-19)22(28)30-23(3,4)5/h11,17,19H,7-10,12-14H2,1-6H3. The summed E-state index contributed by atoms with van der Waals surface area (Å²) in [6, 6.07) is 2.24. The molecule has 1 amide bonds. The van der Waals surface area contributed by atoms with Crippen molar-refractivity contribution in [2.45, 2.75) is 65.5 Å². The molecule has 2 saturated heterocycles. The first-order valence-corrected chi connectivity index (χ1v) is 10.8. The van der Waals surface area contributed by atoms with E-state index in [9.17, 15) is 9.59 Å². The van der Waals surface area contributed by atoms with Gasteiger partial charge >= 0.3 is 12.1 Å². The smallest absolute Gasteiger partial charge is 0.410 e. The first-order valence-electron chi connectivity index (χ1n) is 10.8. The van der Waals surface area contributed by atoms with Crippen LogP contribution in [-0.4, -0.2) is 65.7 Å². The quantitative estimate of drug-likeness (QED) is 0.699. The molecule has 7 nitrogen and oxygen atoms in total. The molecule has 30 heavy (non-hydrogen) atoms. The maximum atomic E-state index is 12.2. The van der Waals surface area contributed by atoms with Gasteiger partial charge in [0.1, 0.15) is 5.60 Å². The summed E-state index contributed by atoms with van der Waals surface area (Å²) in [5.41, 5.74) is 4.06. The topological polar surface area (TPSA) is 72.0 Å². The van der Waals surface area contributed by atoms with Gasteiger partial charge in [-0.15, -0.1) is 0 Å².